The van der Waals surface area contributed by atoms with Gasteiger partial charge in [0.2, 0.25) is 0 Å². The number of nitrogens with zero attached hydrogens (tertiary/aromatic N) is 2. The first-order chi connectivity index (χ1) is 16.0. The number of nitrogens with one attached hydrogen (secondary N) is 1. The molecular formula is C26H32BN3O4. The van der Waals surface area contributed by atoms with Gasteiger partial charge in [0.25, 0.3) is 0 Å². The quantitative estimate of drug-likeness (QED) is 0.382. The Kier molecular flexibility index (Phi) is 7.39. The molecule has 3 aromatic rings. The second-order valence-electron chi connectivity index (χ2n) is 9.53. The Labute approximate surface area is 202 Å². The van der Waals surface area contributed by atoms with Crippen molar-refractivity contribution in [3.63, 3.8) is 0 Å². The predicted molar refractivity (Wildman–Crippen MR) is 135 cm³/mol. The second kappa shape index (κ2) is 9.91. The monoisotopic (exact) mass is 461 g/mol. The lowest BCUT2D eigenvalue weighted by Crippen LogP contribution is -2.44. The maximum atomic E-state index is 12.3. The van der Waals surface area contributed by atoms with Crippen LogP contribution in [0.5, 0.6) is 11.5 Å². The molecule has 0 amide bonds. The molecule has 0 saturated heterocycles. The number of ether oxygens (including phenoxy) is 3. The minimum Gasteiger partial charge on any atom is -0.493 e. The van der Waals surface area contributed by atoms with E-state index < -0.39 is 10.8 Å². The van der Waals surface area contributed by atoms with E-state index in [0.29, 0.717) is 35.1 Å². The maximum Gasteiger partial charge on any atom is 0.311 e. The van der Waals surface area contributed by atoms with E-state index in [2.05, 4.69) is 15.3 Å². The molecule has 0 saturated carbocycles. The van der Waals surface area contributed by atoms with Crippen molar-refractivity contribution in [1.29, 1.82) is 0 Å². The molecule has 0 unspecified atom stereocenters. The van der Waals surface area contributed by atoms with Crippen molar-refractivity contribution >= 4 is 36.0 Å². The van der Waals surface area contributed by atoms with Crippen LogP contribution >= 0.6 is 0 Å². The molecule has 178 valence electrons. The zero-order chi connectivity index (χ0) is 25.1. The van der Waals surface area contributed by atoms with Crippen LogP contribution in [0.3, 0.4) is 0 Å². The molecule has 0 bridgehead atoms. The van der Waals surface area contributed by atoms with Gasteiger partial charge in [-0.1, -0.05) is 43.6 Å². The molecule has 2 radical (unpaired) electrons. The average molecular weight is 461 g/mol. The Bertz CT molecular complexity index is 1190. The number of aryl methyl sites for hydroxylation is 1. The smallest absolute Gasteiger partial charge is 0.311 e. The molecule has 8 heteroatoms. The Morgan fingerprint density at radius 2 is 1.79 bits per heavy atom. The summed E-state index contributed by atoms with van der Waals surface area (Å²) in [4.78, 5) is 21.5. The minimum absolute atomic E-state index is 0.279. The Morgan fingerprint density at radius 3 is 2.44 bits per heavy atom. The van der Waals surface area contributed by atoms with Crippen LogP contribution < -0.4 is 20.3 Å². The topological polar surface area (TPSA) is 82.6 Å². The van der Waals surface area contributed by atoms with Gasteiger partial charge >= 0.3 is 5.97 Å². The highest BCUT2D eigenvalue weighted by Gasteiger charge is 2.45. The second-order valence-corrected chi connectivity index (χ2v) is 9.53. The molecule has 34 heavy (non-hydrogen) atoms. The van der Waals surface area contributed by atoms with Gasteiger partial charge in [0.05, 0.1) is 31.8 Å². The minimum atomic E-state index is -0.748. The van der Waals surface area contributed by atoms with Crippen molar-refractivity contribution in [3.05, 3.63) is 47.8 Å². The average Bonchev–Trinajstić information content (AvgIpc) is 2.79. The van der Waals surface area contributed by atoms with Crippen LogP contribution in [0.1, 0.15) is 39.1 Å². The lowest BCUT2D eigenvalue weighted by atomic mass is 9.68. The fraction of sp³-hybridized carbons (Fsp3) is 0.423. The van der Waals surface area contributed by atoms with Gasteiger partial charge in [-0.25, -0.2) is 9.97 Å². The first-order valence-electron chi connectivity index (χ1n) is 11.1. The molecule has 0 aliphatic rings. The standard InChI is InChI=1S/C26H32BN3O4/c1-16-29-20-13-22(34-15-25(2,3)26(4,5)24(31)33-7)21(32-6)12-19(20)23(30-16)28-14-17-9-8-10-18(27)11-17/h8-13H,14-15H2,1-7H3,(H,28,29,30). The fourth-order valence-electron chi connectivity index (χ4n) is 3.52. The molecule has 0 fully saturated rings. The molecular weight excluding hydrogens is 429 g/mol. The summed E-state index contributed by atoms with van der Waals surface area (Å²) in [5, 5.41) is 4.20. The number of carbonyl (C=O) groups is 1. The van der Waals surface area contributed by atoms with Crippen molar-refractivity contribution < 1.29 is 19.0 Å². The van der Waals surface area contributed by atoms with Crippen molar-refractivity contribution in [1.82, 2.24) is 9.97 Å². The van der Waals surface area contributed by atoms with E-state index in [0.717, 1.165) is 16.5 Å². The van der Waals surface area contributed by atoms with E-state index in [1.54, 1.807) is 7.11 Å². The van der Waals surface area contributed by atoms with Crippen LogP contribution in [0.4, 0.5) is 5.82 Å². The summed E-state index contributed by atoms with van der Waals surface area (Å²) in [7, 11) is 8.88. The summed E-state index contributed by atoms with van der Waals surface area (Å²) in [5.74, 6) is 2.14. The number of hydrogen-bond acceptors (Lipinski definition) is 7. The number of anilines is 1. The van der Waals surface area contributed by atoms with Crippen molar-refractivity contribution in [2.75, 3.05) is 26.1 Å². The molecule has 7 nitrogen and oxygen atoms in total. The first kappa shape index (κ1) is 25.3. The lowest BCUT2D eigenvalue weighted by Gasteiger charge is -2.38. The maximum absolute atomic E-state index is 12.3. The van der Waals surface area contributed by atoms with E-state index in [4.69, 9.17) is 22.1 Å². The Hall–Kier alpha value is -3.29. The summed E-state index contributed by atoms with van der Waals surface area (Å²) in [5.41, 5.74) is 1.23. The summed E-state index contributed by atoms with van der Waals surface area (Å²) in [6, 6.07) is 11.4. The highest BCUT2D eigenvalue weighted by atomic mass is 16.5. The summed E-state index contributed by atoms with van der Waals surface area (Å²) in [6.45, 7) is 10.3. The van der Waals surface area contributed by atoms with Crippen LogP contribution in [-0.2, 0) is 16.1 Å². The van der Waals surface area contributed by atoms with E-state index >= 15 is 0 Å². The highest BCUT2D eigenvalue weighted by Crippen LogP contribution is 2.41. The van der Waals surface area contributed by atoms with Gasteiger partial charge in [0.15, 0.2) is 11.5 Å². The third-order valence-corrected chi connectivity index (χ3v) is 6.48. The molecule has 0 aliphatic heterocycles. The van der Waals surface area contributed by atoms with Gasteiger partial charge in [0.1, 0.15) is 19.5 Å². The third-order valence-electron chi connectivity index (χ3n) is 6.48. The van der Waals surface area contributed by atoms with Gasteiger partial charge in [-0.3, -0.25) is 4.79 Å². The summed E-state index contributed by atoms with van der Waals surface area (Å²) in [6.07, 6.45) is 0. The van der Waals surface area contributed by atoms with E-state index in [1.807, 2.05) is 71.0 Å². The van der Waals surface area contributed by atoms with Gasteiger partial charge in [-0.05, 0) is 32.4 Å². The number of hydrogen-bond donors (Lipinski definition) is 1. The number of aromatic nitrogens is 2. The zero-order valence-corrected chi connectivity index (χ0v) is 21.0. The molecule has 0 spiro atoms. The van der Waals surface area contributed by atoms with Crippen LogP contribution in [0.25, 0.3) is 10.9 Å². The molecule has 0 atom stereocenters. The van der Waals surface area contributed by atoms with E-state index in [9.17, 15) is 4.79 Å². The number of benzene rings is 2. The predicted octanol–water partition coefficient (Wildman–Crippen LogP) is 3.96. The molecule has 1 N–H and O–H groups in total. The Balaban J connectivity index is 1.90. The Morgan fingerprint density at radius 1 is 1.06 bits per heavy atom. The fourth-order valence-corrected chi connectivity index (χ4v) is 3.52. The van der Waals surface area contributed by atoms with Gasteiger partial charge in [-0.2, -0.15) is 0 Å². The zero-order valence-electron chi connectivity index (χ0n) is 21.0. The van der Waals surface area contributed by atoms with Crippen LogP contribution in [-0.4, -0.2) is 44.6 Å². The highest BCUT2D eigenvalue weighted by molar-refractivity contribution is 6.32. The number of methoxy groups -OCH3 is 2. The van der Waals surface area contributed by atoms with Crippen molar-refractivity contribution in [2.45, 2.75) is 41.2 Å². The molecule has 1 aromatic heterocycles. The normalized spacial score (nSPS) is 11.9. The number of esters is 1. The molecule has 2 aromatic carbocycles. The van der Waals surface area contributed by atoms with Crippen LogP contribution in [0.15, 0.2) is 36.4 Å². The number of fused-ring (bicyclic) bond motifs is 1. The lowest BCUT2D eigenvalue weighted by molar-refractivity contribution is -0.159. The molecule has 3 rings (SSSR count). The van der Waals surface area contributed by atoms with Crippen LogP contribution in [0.2, 0.25) is 0 Å². The SMILES string of the molecule is [B]c1cccc(CNc2nc(C)nc3cc(OCC(C)(C)C(C)(C)C(=O)OC)c(OC)cc23)c1. The summed E-state index contributed by atoms with van der Waals surface area (Å²) < 4.78 is 16.8. The third kappa shape index (κ3) is 5.27. The largest absolute Gasteiger partial charge is 0.493 e. The first-order valence-corrected chi connectivity index (χ1v) is 11.1. The van der Waals surface area contributed by atoms with Crippen molar-refractivity contribution in [2.24, 2.45) is 10.8 Å². The summed E-state index contributed by atoms with van der Waals surface area (Å²) >= 11 is 0. The number of carbonyl (C=O) groups excluding carboxylic acids is 1. The van der Waals surface area contributed by atoms with E-state index in [1.165, 1.54) is 7.11 Å². The number of rotatable bonds is 9. The van der Waals surface area contributed by atoms with E-state index in [-0.39, 0.29) is 12.6 Å². The van der Waals surface area contributed by atoms with Crippen molar-refractivity contribution in [3.8, 4) is 11.5 Å². The molecule has 1 heterocycles. The van der Waals surface area contributed by atoms with Crippen LogP contribution in [0, 0.1) is 17.8 Å². The van der Waals surface area contributed by atoms with Gasteiger partial charge in [-0.15, -0.1) is 0 Å². The van der Waals surface area contributed by atoms with Gasteiger partial charge < -0.3 is 19.5 Å². The molecule has 0 aliphatic carbocycles. The van der Waals surface area contributed by atoms with Gasteiger partial charge in [0, 0.05) is 23.4 Å².